The maximum absolute atomic E-state index is 12.5. The van der Waals surface area contributed by atoms with Crippen molar-refractivity contribution in [3.05, 3.63) is 46.8 Å². The Bertz CT molecular complexity index is 822. The predicted octanol–water partition coefficient (Wildman–Crippen LogP) is 2.53. The third-order valence-electron chi connectivity index (χ3n) is 3.21. The number of anilines is 1. The van der Waals surface area contributed by atoms with Crippen molar-refractivity contribution < 1.29 is 17.9 Å². The summed E-state index contributed by atoms with van der Waals surface area (Å²) in [5, 5.41) is 0. The van der Waals surface area contributed by atoms with Gasteiger partial charge in [0.1, 0.15) is 5.69 Å². The van der Waals surface area contributed by atoms with E-state index >= 15 is 0 Å². The number of nitrogens with one attached hydrogen (secondary N) is 2. The molecule has 0 amide bonds. The lowest BCUT2D eigenvalue weighted by molar-refractivity contribution is 0.0596. The van der Waals surface area contributed by atoms with Gasteiger partial charge in [-0.3, -0.25) is 4.72 Å². The van der Waals surface area contributed by atoms with E-state index in [4.69, 9.17) is 0 Å². The van der Waals surface area contributed by atoms with Gasteiger partial charge >= 0.3 is 5.97 Å². The number of rotatable bonds is 4. The van der Waals surface area contributed by atoms with Crippen LogP contribution < -0.4 is 4.72 Å². The number of carbonyl (C=O) groups is 1. The lowest BCUT2D eigenvalue weighted by atomic mass is 10.2. The highest BCUT2D eigenvalue weighted by Crippen LogP contribution is 2.24. The predicted molar refractivity (Wildman–Crippen MR) is 83.6 cm³/mol. The van der Waals surface area contributed by atoms with Gasteiger partial charge in [-0.05, 0) is 38.5 Å². The second-order valence-electron chi connectivity index (χ2n) is 5.11. The van der Waals surface area contributed by atoms with Crippen LogP contribution in [0.3, 0.4) is 0 Å². The van der Waals surface area contributed by atoms with Crippen molar-refractivity contribution in [3.8, 4) is 0 Å². The SMILES string of the molecule is COC(=O)c1[nH]c(C)cc1NS(=O)(=O)c1ccc(C)cc1C. The summed E-state index contributed by atoms with van der Waals surface area (Å²) >= 11 is 0. The van der Waals surface area contributed by atoms with E-state index in [9.17, 15) is 13.2 Å². The van der Waals surface area contributed by atoms with E-state index in [2.05, 4.69) is 14.4 Å². The molecule has 2 rings (SSSR count). The lowest BCUT2D eigenvalue weighted by Crippen LogP contribution is -2.16. The van der Waals surface area contributed by atoms with Crippen molar-refractivity contribution in [1.82, 2.24) is 4.98 Å². The first-order valence-electron chi connectivity index (χ1n) is 6.62. The first-order valence-corrected chi connectivity index (χ1v) is 8.11. The lowest BCUT2D eigenvalue weighted by Gasteiger charge is -2.11. The molecule has 0 saturated carbocycles. The Morgan fingerprint density at radius 1 is 1.18 bits per heavy atom. The second-order valence-corrected chi connectivity index (χ2v) is 6.76. The van der Waals surface area contributed by atoms with E-state index < -0.39 is 16.0 Å². The molecule has 2 aromatic rings. The standard InChI is InChI=1S/C15H18N2O4S/c1-9-5-6-13(10(2)7-9)22(19,20)17-12-8-11(3)16-14(12)15(18)21-4/h5-8,16-17H,1-4H3. The average Bonchev–Trinajstić information content (AvgIpc) is 2.77. The van der Waals surface area contributed by atoms with Crippen molar-refractivity contribution in [1.29, 1.82) is 0 Å². The minimum absolute atomic E-state index is 0.0772. The maximum atomic E-state index is 12.5. The van der Waals surface area contributed by atoms with Crippen LogP contribution in [0.15, 0.2) is 29.2 Å². The number of hydrogen-bond donors (Lipinski definition) is 2. The summed E-state index contributed by atoms with van der Waals surface area (Å²) in [4.78, 5) is 14.7. The molecule has 0 aliphatic rings. The Hall–Kier alpha value is -2.28. The van der Waals surface area contributed by atoms with Gasteiger partial charge in [0.2, 0.25) is 0 Å². The number of sulfonamides is 1. The molecule has 118 valence electrons. The maximum Gasteiger partial charge on any atom is 0.356 e. The zero-order chi connectivity index (χ0) is 16.5. The fourth-order valence-electron chi connectivity index (χ4n) is 2.23. The Kier molecular flexibility index (Phi) is 4.27. The molecular weight excluding hydrogens is 304 g/mol. The largest absolute Gasteiger partial charge is 0.464 e. The molecule has 1 aromatic heterocycles. The summed E-state index contributed by atoms with van der Waals surface area (Å²) in [6, 6.07) is 6.61. The molecule has 1 heterocycles. The van der Waals surface area contributed by atoms with Crippen LogP contribution in [-0.4, -0.2) is 26.5 Å². The van der Waals surface area contributed by atoms with Crippen molar-refractivity contribution in [3.63, 3.8) is 0 Å². The van der Waals surface area contributed by atoms with Gasteiger partial charge in [-0.25, -0.2) is 13.2 Å². The van der Waals surface area contributed by atoms with Crippen LogP contribution in [0, 0.1) is 20.8 Å². The van der Waals surface area contributed by atoms with Crippen LogP contribution in [-0.2, 0) is 14.8 Å². The van der Waals surface area contributed by atoms with E-state index in [1.165, 1.54) is 7.11 Å². The average molecular weight is 322 g/mol. The van der Waals surface area contributed by atoms with Gasteiger partial charge in [-0.2, -0.15) is 0 Å². The molecule has 0 aliphatic heterocycles. The summed E-state index contributed by atoms with van der Waals surface area (Å²) in [7, 11) is -2.55. The molecule has 0 atom stereocenters. The molecule has 0 saturated heterocycles. The number of aromatic nitrogens is 1. The van der Waals surface area contributed by atoms with E-state index in [1.54, 1.807) is 38.1 Å². The summed E-state index contributed by atoms with van der Waals surface area (Å²) < 4.78 is 32.1. The number of benzene rings is 1. The topological polar surface area (TPSA) is 88.3 Å². The number of methoxy groups -OCH3 is 1. The highest BCUT2D eigenvalue weighted by Gasteiger charge is 2.22. The summed E-state index contributed by atoms with van der Waals surface area (Å²) in [6.07, 6.45) is 0. The van der Waals surface area contributed by atoms with Crippen LogP contribution in [0.1, 0.15) is 27.3 Å². The fraction of sp³-hybridized carbons (Fsp3) is 0.267. The number of H-pyrrole nitrogens is 1. The number of aromatic amines is 1. The first kappa shape index (κ1) is 16.1. The fourth-order valence-corrected chi connectivity index (χ4v) is 3.52. The molecule has 2 N–H and O–H groups in total. The van der Waals surface area contributed by atoms with E-state index in [0.717, 1.165) is 5.56 Å². The van der Waals surface area contributed by atoms with E-state index in [0.29, 0.717) is 11.3 Å². The monoisotopic (exact) mass is 322 g/mol. The molecule has 0 radical (unpaired) electrons. The van der Waals surface area contributed by atoms with Gasteiger partial charge in [0.25, 0.3) is 10.0 Å². The van der Waals surface area contributed by atoms with Crippen LogP contribution in [0.4, 0.5) is 5.69 Å². The Labute approximate surface area is 129 Å². The van der Waals surface area contributed by atoms with Crippen molar-refractivity contribution in [2.24, 2.45) is 0 Å². The Balaban J connectivity index is 2.43. The zero-order valence-electron chi connectivity index (χ0n) is 12.9. The number of esters is 1. The van der Waals surface area contributed by atoms with E-state index in [-0.39, 0.29) is 16.3 Å². The molecule has 7 heteroatoms. The third kappa shape index (κ3) is 3.14. The van der Waals surface area contributed by atoms with Crippen LogP contribution in [0.5, 0.6) is 0 Å². The molecule has 0 fully saturated rings. The highest BCUT2D eigenvalue weighted by molar-refractivity contribution is 7.92. The quantitative estimate of drug-likeness (QED) is 0.847. The molecule has 1 aromatic carbocycles. The minimum atomic E-state index is -3.79. The van der Waals surface area contributed by atoms with Gasteiger partial charge in [0.05, 0.1) is 17.7 Å². The second kappa shape index (κ2) is 5.84. The van der Waals surface area contributed by atoms with Crippen LogP contribution >= 0.6 is 0 Å². The van der Waals surface area contributed by atoms with Crippen molar-refractivity contribution in [2.45, 2.75) is 25.7 Å². The van der Waals surface area contributed by atoms with Gasteiger partial charge < -0.3 is 9.72 Å². The number of carbonyl (C=O) groups excluding carboxylic acids is 1. The van der Waals surface area contributed by atoms with E-state index in [1.807, 2.05) is 6.92 Å². The van der Waals surface area contributed by atoms with Gasteiger partial charge in [0.15, 0.2) is 0 Å². The van der Waals surface area contributed by atoms with Gasteiger partial charge in [0, 0.05) is 5.69 Å². The number of ether oxygens (including phenoxy) is 1. The Morgan fingerprint density at radius 3 is 2.45 bits per heavy atom. The smallest absolute Gasteiger partial charge is 0.356 e. The minimum Gasteiger partial charge on any atom is -0.464 e. The zero-order valence-corrected chi connectivity index (χ0v) is 13.7. The molecule has 6 nitrogen and oxygen atoms in total. The molecular formula is C15H18N2O4S. The number of hydrogen-bond acceptors (Lipinski definition) is 4. The summed E-state index contributed by atoms with van der Waals surface area (Å²) in [5.41, 5.74) is 2.51. The normalized spacial score (nSPS) is 11.3. The molecule has 0 unspecified atom stereocenters. The van der Waals surface area contributed by atoms with Gasteiger partial charge in [-0.1, -0.05) is 17.7 Å². The summed E-state index contributed by atoms with van der Waals surface area (Å²) in [6.45, 7) is 5.34. The third-order valence-corrected chi connectivity index (χ3v) is 4.73. The van der Waals surface area contributed by atoms with Crippen molar-refractivity contribution >= 4 is 21.7 Å². The molecule has 0 spiro atoms. The number of aryl methyl sites for hydroxylation is 3. The first-order chi connectivity index (χ1) is 10.2. The Morgan fingerprint density at radius 2 is 1.86 bits per heavy atom. The van der Waals surface area contributed by atoms with Crippen molar-refractivity contribution in [2.75, 3.05) is 11.8 Å². The van der Waals surface area contributed by atoms with Gasteiger partial charge in [-0.15, -0.1) is 0 Å². The van der Waals surface area contributed by atoms with Crippen LogP contribution in [0.2, 0.25) is 0 Å². The summed E-state index contributed by atoms with van der Waals surface area (Å²) in [5.74, 6) is -0.633. The van der Waals surface area contributed by atoms with Crippen LogP contribution in [0.25, 0.3) is 0 Å². The molecule has 0 aliphatic carbocycles. The molecule has 22 heavy (non-hydrogen) atoms. The molecule has 0 bridgehead atoms. The highest BCUT2D eigenvalue weighted by atomic mass is 32.2.